The van der Waals surface area contributed by atoms with Gasteiger partial charge in [0.2, 0.25) is 0 Å². The van der Waals surface area contributed by atoms with Crippen LogP contribution in [0.1, 0.15) is 19.8 Å². The molecule has 60 valence electrons. The molecule has 0 radical (unpaired) electrons. The first-order valence-electron chi connectivity index (χ1n) is 3.57. The molecule has 0 aliphatic carbocycles. The van der Waals surface area contributed by atoms with Gasteiger partial charge in [-0.15, -0.1) is 6.58 Å². The van der Waals surface area contributed by atoms with Gasteiger partial charge in [-0.05, 0) is 6.42 Å². The zero-order chi connectivity index (χ0) is 7.82. The normalized spacial score (nSPS) is 12.9. The molecular weight excluding hydrogens is 147 g/mol. The van der Waals surface area contributed by atoms with E-state index in [1.807, 2.05) is 0 Å². The quantitative estimate of drug-likeness (QED) is 0.443. The summed E-state index contributed by atoms with van der Waals surface area (Å²) in [4.78, 5) is 0. The van der Waals surface area contributed by atoms with Gasteiger partial charge in [0.1, 0.15) is 0 Å². The van der Waals surface area contributed by atoms with Crippen LogP contribution in [-0.2, 0) is 9.09 Å². The largest absolute Gasteiger partial charge is 0.326 e. The second-order valence-corrected chi connectivity index (χ2v) is 3.61. The molecule has 0 aromatic heterocycles. The molecule has 0 aromatic rings. The van der Waals surface area contributed by atoms with Crippen molar-refractivity contribution in [3.05, 3.63) is 12.7 Å². The minimum Gasteiger partial charge on any atom is -0.326 e. The van der Waals surface area contributed by atoms with Crippen LogP contribution in [0.4, 0.5) is 0 Å². The van der Waals surface area contributed by atoms with Crippen molar-refractivity contribution in [3.63, 3.8) is 0 Å². The number of hydrogen-bond acceptors (Lipinski definition) is 2. The molecule has 0 saturated carbocycles. The summed E-state index contributed by atoms with van der Waals surface area (Å²) in [7, 11) is -1.74. The molecule has 0 aliphatic heterocycles. The lowest BCUT2D eigenvalue weighted by Crippen LogP contribution is -1.83. The maximum Gasteiger partial charge on any atom is 0.191 e. The number of rotatable bonds is 6. The molecule has 0 spiro atoms. The van der Waals surface area contributed by atoms with Crippen LogP contribution in [0, 0.1) is 0 Å². The highest BCUT2D eigenvalue weighted by Gasteiger charge is 1.95. The lowest BCUT2D eigenvalue weighted by Gasteiger charge is -1.98. The van der Waals surface area contributed by atoms with Crippen LogP contribution in [0.3, 0.4) is 0 Å². The van der Waals surface area contributed by atoms with Crippen LogP contribution < -0.4 is 0 Å². The van der Waals surface area contributed by atoms with E-state index in [-0.39, 0.29) is 0 Å². The van der Waals surface area contributed by atoms with E-state index in [4.69, 9.17) is 4.52 Å². The summed E-state index contributed by atoms with van der Waals surface area (Å²) < 4.78 is 15.8. The van der Waals surface area contributed by atoms with Crippen molar-refractivity contribution < 1.29 is 9.09 Å². The van der Waals surface area contributed by atoms with E-state index in [1.54, 1.807) is 6.08 Å². The zero-order valence-corrected chi connectivity index (χ0v) is 7.43. The molecule has 0 amide bonds. The van der Waals surface area contributed by atoms with Gasteiger partial charge in [-0.2, -0.15) is 0 Å². The molecule has 1 unspecified atom stereocenters. The number of unbranched alkanes of at least 4 members (excludes halogenated alkanes) is 1. The Labute approximate surface area is 63.1 Å². The van der Waals surface area contributed by atoms with Crippen molar-refractivity contribution in [2.45, 2.75) is 19.8 Å². The Balaban J connectivity index is 3.16. The molecule has 0 heterocycles. The molecule has 0 aromatic carbocycles. The smallest absolute Gasteiger partial charge is 0.191 e. The Bertz CT molecular complexity index is 112. The Morgan fingerprint density at radius 1 is 1.70 bits per heavy atom. The average Bonchev–Trinajstić information content (AvgIpc) is 1.97. The Morgan fingerprint density at radius 3 is 2.90 bits per heavy atom. The summed E-state index contributed by atoms with van der Waals surface area (Å²) >= 11 is 0. The van der Waals surface area contributed by atoms with Crippen LogP contribution in [0.25, 0.3) is 0 Å². The van der Waals surface area contributed by atoms with Gasteiger partial charge in [0.15, 0.2) is 8.03 Å². The monoisotopic (exact) mass is 162 g/mol. The van der Waals surface area contributed by atoms with Crippen molar-refractivity contribution in [2.24, 2.45) is 0 Å². The highest BCUT2D eigenvalue weighted by molar-refractivity contribution is 7.39. The maximum atomic E-state index is 10.9. The first-order valence-corrected chi connectivity index (χ1v) is 5.10. The predicted molar refractivity (Wildman–Crippen MR) is 44.9 cm³/mol. The molecular formula is C7H15O2P. The predicted octanol–water partition coefficient (Wildman–Crippen LogP) is 2.46. The zero-order valence-electron chi connectivity index (χ0n) is 6.43. The minimum absolute atomic E-state index is 0.418. The standard InChI is InChI=1S/C7H15O2P/c1-3-5-7-10(8)9-6-4-2/h4,10H,2-3,5-7H2,1H3. The lowest BCUT2D eigenvalue weighted by atomic mass is 10.4. The third-order valence-electron chi connectivity index (χ3n) is 1.10. The van der Waals surface area contributed by atoms with Crippen LogP contribution in [0.5, 0.6) is 0 Å². The topological polar surface area (TPSA) is 26.3 Å². The summed E-state index contributed by atoms with van der Waals surface area (Å²) in [6.45, 7) is 5.96. The third kappa shape index (κ3) is 6.06. The molecule has 0 N–H and O–H groups in total. The first-order chi connectivity index (χ1) is 4.81. The Morgan fingerprint density at radius 2 is 2.40 bits per heavy atom. The van der Waals surface area contributed by atoms with E-state index in [1.165, 1.54) is 0 Å². The van der Waals surface area contributed by atoms with E-state index in [0.717, 1.165) is 19.0 Å². The summed E-state index contributed by atoms with van der Waals surface area (Å²) in [5, 5.41) is 0. The SMILES string of the molecule is C=CCO[PH](=O)CCCC. The van der Waals surface area contributed by atoms with Crippen molar-refractivity contribution in [1.29, 1.82) is 0 Å². The molecule has 3 heteroatoms. The molecule has 2 nitrogen and oxygen atoms in total. The van der Waals surface area contributed by atoms with Crippen molar-refractivity contribution in [3.8, 4) is 0 Å². The van der Waals surface area contributed by atoms with Gasteiger partial charge < -0.3 is 4.52 Å². The van der Waals surface area contributed by atoms with Gasteiger partial charge in [-0.1, -0.05) is 19.4 Å². The van der Waals surface area contributed by atoms with Gasteiger partial charge >= 0.3 is 0 Å². The Kier molecular flexibility index (Phi) is 6.99. The van der Waals surface area contributed by atoms with Gasteiger partial charge in [0.25, 0.3) is 0 Å². The molecule has 0 saturated heterocycles. The first kappa shape index (κ1) is 9.93. The Hall–Kier alpha value is -0.0700. The highest BCUT2D eigenvalue weighted by Crippen LogP contribution is 2.22. The van der Waals surface area contributed by atoms with Crippen molar-refractivity contribution in [1.82, 2.24) is 0 Å². The van der Waals surface area contributed by atoms with Crippen molar-refractivity contribution in [2.75, 3.05) is 12.8 Å². The molecule has 1 atom stereocenters. The summed E-state index contributed by atoms with van der Waals surface area (Å²) in [5.41, 5.74) is 0. The van der Waals surface area contributed by atoms with Gasteiger partial charge in [-0.25, -0.2) is 0 Å². The fourth-order valence-corrected chi connectivity index (χ4v) is 1.64. The van der Waals surface area contributed by atoms with Crippen molar-refractivity contribution >= 4 is 8.03 Å². The molecule has 0 fully saturated rings. The van der Waals surface area contributed by atoms with E-state index >= 15 is 0 Å². The molecule has 0 aliphatic rings. The van der Waals surface area contributed by atoms with E-state index < -0.39 is 8.03 Å². The molecule has 0 rings (SSSR count). The second kappa shape index (κ2) is 7.04. The van der Waals surface area contributed by atoms with Crippen LogP contribution in [0.2, 0.25) is 0 Å². The lowest BCUT2D eigenvalue weighted by molar-refractivity contribution is 0.370. The average molecular weight is 162 g/mol. The van der Waals surface area contributed by atoms with E-state index in [0.29, 0.717) is 6.61 Å². The van der Waals surface area contributed by atoms with Crippen LogP contribution in [0.15, 0.2) is 12.7 Å². The van der Waals surface area contributed by atoms with Gasteiger partial charge in [0, 0.05) is 6.16 Å². The third-order valence-corrected chi connectivity index (χ3v) is 2.35. The fraction of sp³-hybridized carbons (Fsp3) is 0.714. The summed E-state index contributed by atoms with van der Waals surface area (Å²) in [5.74, 6) is 0. The van der Waals surface area contributed by atoms with E-state index in [2.05, 4.69) is 13.5 Å². The molecule has 0 bridgehead atoms. The van der Waals surface area contributed by atoms with Gasteiger partial charge in [0.05, 0.1) is 6.61 Å². The van der Waals surface area contributed by atoms with Crippen LogP contribution >= 0.6 is 8.03 Å². The summed E-state index contributed by atoms with van der Waals surface area (Å²) in [6, 6.07) is 0. The minimum atomic E-state index is -1.74. The fourth-order valence-electron chi connectivity index (χ4n) is 0.545. The van der Waals surface area contributed by atoms with Crippen LogP contribution in [-0.4, -0.2) is 12.8 Å². The van der Waals surface area contributed by atoms with E-state index in [9.17, 15) is 4.57 Å². The maximum absolute atomic E-state index is 10.9. The highest BCUT2D eigenvalue weighted by atomic mass is 31.1. The van der Waals surface area contributed by atoms with Gasteiger partial charge in [-0.3, -0.25) is 4.57 Å². The molecule has 10 heavy (non-hydrogen) atoms. The summed E-state index contributed by atoms with van der Waals surface area (Å²) in [6.07, 6.45) is 4.41. The number of hydrogen-bond donors (Lipinski definition) is 0. The second-order valence-electron chi connectivity index (χ2n) is 2.08.